The zero-order chi connectivity index (χ0) is 16.5. The molecule has 0 bridgehead atoms. The molecule has 2 aromatic carbocycles. The number of carboxylic acid groups (broad SMARTS) is 1. The van der Waals surface area contributed by atoms with Crippen LogP contribution < -0.4 is 16.2 Å². The Balaban J connectivity index is 1.64. The third-order valence-corrected chi connectivity index (χ3v) is 4.11. The number of carboxylic acids is 1. The van der Waals surface area contributed by atoms with Crippen molar-refractivity contribution in [2.75, 3.05) is 17.7 Å². The maximum Gasteiger partial charge on any atom is 0.335 e. The van der Waals surface area contributed by atoms with Crippen molar-refractivity contribution in [1.29, 1.82) is 0 Å². The molecule has 4 N–H and O–H groups in total. The lowest BCUT2D eigenvalue weighted by atomic mass is 10.2. The second-order valence-corrected chi connectivity index (χ2v) is 6.13. The van der Waals surface area contributed by atoms with E-state index in [2.05, 4.69) is 28.3 Å². The zero-order valence-corrected chi connectivity index (χ0v) is 13.9. The molecule has 0 saturated heterocycles. The maximum atomic E-state index is 10.8. The molecule has 0 aromatic heterocycles. The predicted octanol–water partition coefficient (Wildman–Crippen LogP) is 2.97. The first-order chi connectivity index (χ1) is 11.1. The smallest absolute Gasteiger partial charge is 0.335 e. The third-order valence-electron chi connectivity index (χ3n) is 2.85. The Labute approximate surface area is 144 Å². The minimum Gasteiger partial charge on any atom is -0.478 e. The molecule has 0 aliphatic heterocycles. The molecule has 0 aliphatic carbocycles. The summed E-state index contributed by atoms with van der Waals surface area (Å²) < 4.78 is 0. The van der Waals surface area contributed by atoms with Gasteiger partial charge < -0.3 is 10.4 Å². The fourth-order valence-electron chi connectivity index (χ4n) is 1.72. The van der Waals surface area contributed by atoms with Crippen molar-refractivity contribution in [3.8, 4) is 0 Å². The Morgan fingerprint density at radius 3 is 2.43 bits per heavy atom. The number of hydrogen-bond donors (Lipinski definition) is 4. The van der Waals surface area contributed by atoms with Crippen molar-refractivity contribution < 1.29 is 9.90 Å². The highest BCUT2D eigenvalue weighted by atomic mass is 32.2. The Hall–Kier alpha value is -2.25. The zero-order valence-electron chi connectivity index (χ0n) is 12.3. The fraction of sp³-hybridized carbons (Fsp3) is 0.125. The lowest BCUT2D eigenvalue weighted by Crippen LogP contribution is -2.39. The summed E-state index contributed by atoms with van der Waals surface area (Å²) >= 11 is 6.92. The van der Waals surface area contributed by atoms with Crippen molar-refractivity contribution >= 4 is 40.7 Å². The molecule has 0 fully saturated rings. The first-order valence-corrected chi connectivity index (χ1v) is 8.35. The Morgan fingerprint density at radius 2 is 1.78 bits per heavy atom. The van der Waals surface area contributed by atoms with Crippen LogP contribution in [0.2, 0.25) is 0 Å². The van der Waals surface area contributed by atoms with Crippen LogP contribution in [0.25, 0.3) is 0 Å². The van der Waals surface area contributed by atoms with E-state index in [0.29, 0.717) is 5.11 Å². The molecule has 23 heavy (non-hydrogen) atoms. The SMILES string of the molecule is O=C(O)c1ccc(NNC(=S)NCCSc2ccccc2)cc1. The molecule has 0 spiro atoms. The fourth-order valence-corrected chi connectivity index (χ4v) is 2.66. The molecule has 0 saturated carbocycles. The summed E-state index contributed by atoms with van der Waals surface area (Å²) in [5, 5.41) is 12.4. The second kappa shape index (κ2) is 9.02. The molecule has 120 valence electrons. The van der Waals surface area contributed by atoms with Crippen molar-refractivity contribution in [1.82, 2.24) is 10.7 Å². The van der Waals surface area contributed by atoms with Gasteiger partial charge in [-0.25, -0.2) is 4.79 Å². The van der Waals surface area contributed by atoms with E-state index in [1.807, 2.05) is 18.2 Å². The van der Waals surface area contributed by atoms with Gasteiger partial charge in [-0.1, -0.05) is 18.2 Å². The van der Waals surface area contributed by atoms with Gasteiger partial charge in [0, 0.05) is 17.2 Å². The number of thiocarbonyl (C=S) groups is 1. The highest BCUT2D eigenvalue weighted by Crippen LogP contribution is 2.15. The van der Waals surface area contributed by atoms with E-state index < -0.39 is 5.97 Å². The Morgan fingerprint density at radius 1 is 1.09 bits per heavy atom. The van der Waals surface area contributed by atoms with Crippen LogP contribution >= 0.6 is 24.0 Å². The number of hydrogen-bond acceptors (Lipinski definition) is 4. The number of benzene rings is 2. The van der Waals surface area contributed by atoms with Crippen LogP contribution in [-0.2, 0) is 0 Å². The molecule has 2 rings (SSSR count). The van der Waals surface area contributed by atoms with Crippen LogP contribution in [0.15, 0.2) is 59.5 Å². The second-order valence-electron chi connectivity index (χ2n) is 4.55. The molecular formula is C16H17N3O2S2. The van der Waals surface area contributed by atoms with Gasteiger partial charge in [0.15, 0.2) is 5.11 Å². The molecule has 7 heteroatoms. The van der Waals surface area contributed by atoms with Crippen LogP contribution in [0.4, 0.5) is 5.69 Å². The first-order valence-electron chi connectivity index (χ1n) is 6.96. The monoisotopic (exact) mass is 347 g/mol. The maximum absolute atomic E-state index is 10.8. The van der Waals surface area contributed by atoms with Gasteiger partial charge in [0.1, 0.15) is 0 Å². The predicted molar refractivity (Wildman–Crippen MR) is 97.9 cm³/mol. The number of nitrogens with one attached hydrogen (secondary N) is 3. The molecule has 0 atom stereocenters. The van der Waals surface area contributed by atoms with E-state index >= 15 is 0 Å². The van der Waals surface area contributed by atoms with Crippen molar-refractivity contribution in [3.63, 3.8) is 0 Å². The summed E-state index contributed by atoms with van der Waals surface area (Å²) in [5.74, 6) is -0.0447. The number of thioether (sulfide) groups is 1. The first kappa shape index (κ1) is 17.1. The summed E-state index contributed by atoms with van der Waals surface area (Å²) in [4.78, 5) is 12.0. The number of rotatable bonds is 7. The topological polar surface area (TPSA) is 73.4 Å². The van der Waals surface area contributed by atoms with Gasteiger partial charge in [0.05, 0.1) is 11.3 Å². The molecule has 0 unspecified atom stereocenters. The van der Waals surface area contributed by atoms with Gasteiger partial charge >= 0.3 is 5.97 Å². The van der Waals surface area contributed by atoms with Crippen molar-refractivity contribution in [3.05, 3.63) is 60.2 Å². The average Bonchev–Trinajstić information content (AvgIpc) is 2.58. The molecule has 0 heterocycles. The quantitative estimate of drug-likeness (QED) is 0.266. The lowest BCUT2D eigenvalue weighted by Gasteiger charge is -2.12. The lowest BCUT2D eigenvalue weighted by molar-refractivity contribution is 0.0697. The largest absolute Gasteiger partial charge is 0.478 e. The van der Waals surface area contributed by atoms with Crippen LogP contribution in [0.5, 0.6) is 0 Å². The minimum atomic E-state index is -0.947. The molecule has 0 amide bonds. The standard InChI is InChI=1S/C16H17N3O2S2/c20-15(21)12-6-8-13(9-7-12)18-19-16(22)17-10-11-23-14-4-2-1-3-5-14/h1-9,18H,10-11H2,(H,20,21)(H2,17,19,22). The van der Waals surface area contributed by atoms with E-state index in [4.69, 9.17) is 17.3 Å². The van der Waals surface area contributed by atoms with Gasteiger partial charge in [-0.2, -0.15) is 0 Å². The molecule has 0 radical (unpaired) electrons. The molecule has 5 nitrogen and oxygen atoms in total. The molecule has 2 aromatic rings. The highest BCUT2D eigenvalue weighted by molar-refractivity contribution is 7.99. The molecule has 0 aliphatic rings. The molecular weight excluding hydrogens is 330 g/mol. The van der Waals surface area contributed by atoms with Gasteiger partial charge in [0.2, 0.25) is 0 Å². The Kier molecular flexibility index (Phi) is 6.71. The van der Waals surface area contributed by atoms with Crippen molar-refractivity contribution in [2.24, 2.45) is 0 Å². The average molecular weight is 347 g/mol. The number of carbonyl (C=O) groups is 1. The van der Waals surface area contributed by atoms with E-state index in [0.717, 1.165) is 18.0 Å². The van der Waals surface area contributed by atoms with Gasteiger partial charge in [-0.15, -0.1) is 11.8 Å². The number of aromatic carboxylic acids is 1. The summed E-state index contributed by atoms with van der Waals surface area (Å²) in [6, 6.07) is 16.6. The van der Waals surface area contributed by atoms with Crippen LogP contribution in [0.1, 0.15) is 10.4 Å². The van der Waals surface area contributed by atoms with Crippen molar-refractivity contribution in [2.45, 2.75) is 4.90 Å². The van der Waals surface area contributed by atoms with Gasteiger partial charge in [-0.05, 0) is 48.6 Å². The minimum absolute atomic E-state index is 0.245. The van der Waals surface area contributed by atoms with Crippen LogP contribution in [0, 0.1) is 0 Å². The van der Waals surface area contributed by atoms with E-state index in [-0.39, 0.29) is 5.56 Å². The third kappa shape index (κ3) is 6.17. The van der Waals surface area contributed by atoms with Crippen LogP contribution in [-0.4, -0.2) is 28.5 Å². The Bertz CT molecular complexity index is 648. The number of hydrazine groups is 1. The van der Waals surface area contributed by atoms with Gasteiger partial charge in [0.25, 0.3) is 0 Å². The number of anilines is 1. The summed E-state index contributed by atoms with van der Waals surface area (Å²) in [6.45, 7) is 0.741. The van der Waals surface area contributed by atoms with E-state index in [1.54, 1.807) is 23.9 Å². The normalized spacial score (nSPS) is 9.91. The summed E-state index contributed by atoms with van der Waals surface area (Å²) in [5.41, 5.74) is 6.75. The van der Waals surface area contributed by atoms with E-state index in [9.17, 15) is 4.79 Å². The summed E-state index contributed by atoms with van der Waals surface area (Å²) in [7, 11) is 0. The van der Waals surface area contributed by atoms with Crippen LogP contribution in [0.3, 0.4) is 0 Å². The summed E-state index contributed by atoms with van der Waals surface area (Å²) in [6.07, 6.45) is 0. The van der Waals surface area contributed by atoms with Gasteiger partial charge in [-0.3, -0.25) is 10.9 Å². The van der Waals surface area contributed by atoms with E-state index in [1.165, 1.54) is 17.0 Å². The highest BCUT2D eigenvalue weighted by Gasteiger charge is 2.01.